The van der Waals surface area contributed by atoms with Crippen LogP contribution in [0.25, 0.3) is 0 Å². The number of rotatable bonds is 2. The van der Waals surface area contributed by atoms with Crippen LogP contribution in [0.2, 0.25) is 0 Å². The van der Waals surface area contributed by atoms with E-state index in [-0.39, 0.29) is 56.6 Å². The van der Waals surface area contributed by atoms with Gasteiger partial charge >= 0.3 is 23.1 Å². The van der Waals surface area contributed by atoms with Crippen LogP contribution in [0.4, 0.5) is 0 Å². The van der Waals surface area contributed by atoms with Crippen molar-refractivity contribution in [2.45, 2.75) is 11.8 Å². The van der Waals surface area contributed by atoms with Gasteiger partial charge in [0.1, 0.15) is 0 Å². The monoisotopic (exact) mass is 372 g/mol. The summed E-state index contributed by atoms with van der Waals surface area (Å²) >= 11 is 10.8. The Labute approximate surface area is 143 Å². The Morgan fingerprint density at radius 3 is 1.48 bits per heavy atom. The fourth-order valence-electron chi connectivity index (χ4n) is 1.18. The summed E-state index contributed by atoms with van der Waals surface area (Å²) in [5.41, 5.74) is 0.803. The summed E-state index contributed by atoms with van der Waals surface area (Å²) in [6, 6.07) is 2.59. The summed E-state index contributed by atoms with van der Waals surface area (Å²) in [6.07, 6.45) is 0. The van der Waals surface area contributed by atoms with Crippen molar-refractivity contribution in [3.63, 3.8) is 0 Å². The largest absolute Gasteiger partial charge is 0.564 e. The summed E-state index contributed by atoms with van der Waals surface area (Å²) in [4.78, 5) is 29.6. The van der Waals surface area contributed by atoms with E-state index >= 15 is 0 Å². The topological polar surface area (TPSA) is 146 Å². The van der Waals surface area contributed by atoms with Crippen LogP contribution in [0.3, 0.4) is 0 Å². The van der Waals surface area contributed by atoms with Gasteiger partial charge in [0, 0.05) is 21.7 Å². The third-order valence-corrected chi connectivity index (χ3v) is 2.43. The first-order valence-corrected chi connectivity index (χ1v) is 6.31. The minimum atomic E-state index is -0.0874. The Morgan fingerprint density at radius 2 is 1.24 bits per heavy atom. The maximum atomic E-state index is 8.85. The summed E-state index contributed by atoms with van der Waals surface area (Å²) in [5, 5.41) is 14.0. The molecular formula is C10H14Cl2N4O4Ti+4. The molecule has 0 bridgehead atoms. The Hall–Kier alpha value is -1.35. The normalized spacial score (nSPS) is 9.24. The molecule has 0 atom stereocenters. The van der Waals surface area contributed by atoms with Crippen molar-refractivity contribution in [2.24, 2.45) is 0 Å². The zero-order valence-corrected chi connectivity index (χ0v) is 13.7. The van der Waals surface area contributed by atoms with Crippen LogP contribution in [0, 0.1) is 0 Å². The minimum Gasteiger partial charge on any atom is -0.564 e. The van der Waals surface area contributed by atoms with Crippen LogP contribution in [0.1, 0.15) is 11.4 Å². The first kappa shape index (κ1) is 19.7. The number of halogens is 2. The quantitative estimate of drug-likeness (QED) is 0.403. The molecule has 2 aromatic heterocycles. The molecule has 0 spiro atoms. The van der Waals surface area contributed by atoms with Crippen molar-refractivity contribution in [3.8, 4) is 12.0 Å². The van der Waals surface area contributed by atoms with E-state index in [9.17, 15) is 0 Å². The molecule has 2 rings (SSSR count). The number of nitrogens with zero attached hydrogens (tertiary/aromatic N) is 2. The van der Waals surface area contributed by atoms with Gasteiger partial charge in [-0.3, -0.25) is 9.59 Å². The van der Waals surface area contributed by atoms with Crippen molar-refractivity contribution in [2.75, 3.05) is 0 Å². The summed E-state index contributed by atoms with van der Waals surface area (Å²) in [7, 11) is 0. The smallest absolute Gasteiger partial charge is 0.451 e. The van der Waals surface area contributed by atoms with Gasteiger partial charge in [0.05, 0.1) is 35.3 Å². The zero-order valence-electron chi connectivity index (χ0n) is 10.6. The number of hydrogen-bond acceptors (Lipinski definition) is 2. The van der Waals surface area contributed by atoms with E-state index in [0.29, 0.717) is 11.4 Å². The van der Waals surface area contributed by atoms with Gasteiger partial charge in [-0.05, 0) is 0 Å². The van der Waals surface area contributed by atoms with Gasteiger partial charge in [0.15, 0.2) is 0 Å². The molecule has 0 amide bonds. The number of H-pyrrole nitrogens is 2. The van der Waals surface area contributed by atoms with Gasteiger partial charge in [-0.25, -0.2) is 0 Å². The molecule has 0 saturated heterocycles. The fraction of sp³-hybridized carbons (Fsp3) is 0.200. The average molecular weight is 373 g/mol. The van der Waals surface area contributed by atoms with Gasteiger partial charge < -0.3 is 10.2 Å². The SMILES string of the molecule is [OH+]=c1cc(CCl)nc([OH2+])[nH]1.[OH+]=c1cc(CCl)nc([OH2+])[nH]1.[Ti]. The van der Waals surface area contributed by atoms with Gasteiger partial charge in [-0.15, -0.1) is 33.2 Å². The van der Waals surface area contributed by atoms with E-state index in [1.807, 2.05) is 0 Å². The Balaban J connectivity index is 0.000000364. The summed E-state index contributed by atoms with van der Waals surface area (Å²) < 4.78 is 0. The van der Waals surface area contributed by atoms with Gasteiger partial charge in [0.2, 0.25) is 0 Å². The Morgan fingerprint density at radius 1 is 0.905 bits per heavy atom. The molecule has 0 unspecified atom stereocenters. The van der Waals surface area contributed by atoms with Gasteiger partial charge in [0.25, 0.3) is 0 Å². The number of aromatic nitrogens is 4. The van der Waals surface area contributed by atoms with Crippen LogP contribution < -0.4 is 11.1 Å². The molecule has 8 nitrogen and oxygen atoms in total. The molecule has 0 aliphatic heterocycles. The molecule has 0 radical (unpaired) electrons. The van der Waals surface area contributed by atoms with E-state index in [2.05, 4.69) is 19.9 Å². The molecule has 2 heterocycles. The molecule has 21 heavy (non-hydrogen) atoms. The van der Waals surface area contributed by atoms with Crippen LogP contribution in [-0.2, 0) is 33.5 Å². The summed E-state index contributed by atoms with van der Waals surface area (Å²) in [5.74, 6) is 0.405. The second kappa shape index (κ2) is 9.57. The number of hydrogen-bond donors (Lipinski definition) is 2. The molecule has 0 fully saturated rings. The van der Waals surface area contributed by atoms with Crippen molar-refractivity contribution in [1.82, 2.24) is 19.9 Å². The van der Waals surface area contributed by atoms with E-state index in [1.165, 1.54) is 12.1 Å². The summed E-state index contributed by atoms with van der Waals surface area (Å²) in [6.45, 7) is 0. The number of aromatic amines is 2. The first-order chi connectivity index (χ1) is 9.44. The zero-order chi connectivity index (χ0) is 15.1. The maximum Gasteiger partial charge on any atom is 0.451 e. The minimum absolute atomic E-state index is 0. The van der Waals surface area contributed by atoms with E-state index < -0.39 is 0 Å². The van der Waals surface area contributed by atoms with E-state index in [0.717, 1.165) is 0 Å². The van der Waals surface area contributed by atoms with Crippen LogP contribution >= 0.6 is 23.2 Å². The van der Waals surface area contributed by atoms with Gasteiger partial charge in [-0.2, -0.15) is 9.97 Å². The van der Waals surface area contributed by atoms with Gasteiger partial charge in [-0.1, -0.05) is 0 Å². The number of nitrogens with one attached hydrogen (secondary N) is 2. The molecule has 0 saturated carbocycles. The van der Waals surface area contributed by atoms with Crippen LogP contribution in [0.5, 0.6) is 12.0 Å². The second-order valence-corrected chi connectivity index (χ2v) is 4.01. The predicted molar refractivity (Wildman–Crippen MR) is 72.6 cm³/mol. The molecule has 11 heteroatoms. The molecular weight excluding hydrogens is 359 g/mol. The standard InChI is InChI=1S/2C5H5ClN2O2.Ti/c2*6-2-3-1-4(9)8-5(10)7-3;/h2*1H,2H2,(H2,7,8,9,10);/p+4. The number of alkyl halides is 2. The second-order valence-electron chi connectivity index (χ2n) is 3.48. The molecule has 0 aliphatic rings. The van der Waals surface area contributed by atoms with Crippen molar-refractivity contribution < 1.29 is 41.5 Å². The Bertz CT molecular complexity index is 632. The molecule has 0 aromatic carbocycles. The molecule has 8 N–H and O–H groups in total. The Kier molecular flexibility index (Phi) is 8.95. The van der Waals surface area contributed by atoms with E-state index in [4.69, 9.17) is 43.0 Å². The van der Waals surface area contributed by atoms with Crippen molar-refractivity contribution in [1.29, 1.82) is 0 Å². The van der Waals surface area contributed by atoms with Crippen LogP contribution in [-0.4, -0.2) is 39.7 Å². The maximum absolute atomic E-state index is 8.85. The third kappa shape index (κ3) is 7.28. The van der Waals surface area contributed by atoms with E-state index in [1.54, 1.807) is 0 Å². The van der Waals surface area contributed by atoms with Crippen molar-refractivity contribution in [3.05, 3.63) is 34.6 Å². The average Bonchev–Trinajstić information content (AvgIpc) is 2.37. The third-order valence-electron chi connectivity index (χ3n) is 1.88. The molecule has 112 valence electrons. The van der Waals surface area contributed by atoms with Crippen molar-refractivity contribution >= 4 is 23.2 Å². The fourth-order valence-corrected chi connectivity index (χ4v) is 1.45. The first-order valence-electron chi connectivity index (χ1n) is 5.24. The van der Waals surface area contributed by atoms with Crippen LogP contribution in [0.15, 0.2) is 12.1 Å². The molecule has 2 aromatic rings. The predicted octanol–water partition coefficient (Wildman–Crippen LogP) is -0.821. The molecule has 0 aliphatic carbocycles.